The maximum atomic E-state index is 12.7. The summed E-state index contributed by atoms with van der Waals surface area (Å²) < 4.78 is 42.6. The second kappa shape index (κ2) is 6.10. The van der Waals surface area contributed by atoms with Crippen LogP contribution in [0, 0.1) is 12.8 Å². The van der Waals surface area contributed by atoms with Gasteiger partial charge in [-0.2, -0.15) is 0 Å². The molecule has 0 N–H and O–H groups in total. The van der Waals surface area contributed by atoms with Gasteiger partial charge in [0.25, 0.3) is 5.56 Å². The Balaban J connectivity index is 2.18. The Morgan fingerprint density at radius 3 is 2.52 bits per heavy atom. The summed E-state index contributed by atoms with van der Waals surface area (Å²) in [5.41, 5.74) is -0.729. The molecule has 1 saturated carbocycles. The molecular weight excluding hydrogens is 361 g/mol. The molecule has 2 aromatic heterocycles. The molecule has 0 spiro atoms. The topological polar surface area (TPSA) is 70.3 Å². The van der Waals surface area contributed by atoms with Crippen molar-refractivity contribution in [1.82, 2.24) is 9.13 Å². The first-order valence-electron chi connectivity index (χ1n) is 7.60. The number of carbonyl (C=O) groups is 1. The highest BCUT2D eigenvalue weighted by atomic mass is 32.1. The van der Waals surface area contributed by atoms with Crippen LogP contribution in [0.5, 0.6) is 0 Å². The van der Waals surface area contributed by atoms with Crippen LogP contribution in [0.25, 0.3) is 10.2 Å². The number of thiophene rings is 1. The van der Waals surface area contributed by atoms with Crippen LogP contribution < -0.4 is 11.2 Å². The summed E-state index contributed by atoms with van der Waals surface area (Å²) in [5.74, 6) is 0.146. The Morgan fingerprint density at radius 1 is 1.36 bits per heavy atom. The monoisotopic (exact) mass is 376 g/mol. The zero-order chi connectivity index (χ0) is 18.5. The van der Waals surface area contributed by atoms with Gasteiger partial charge in [-0.15, -0.1) is 24.5 Å². The van der Waals surface area contributed by atoms with E-state index in [0.717, 1.165) is 20.5 Å². The lowest BCUT2D eigenvalue weighted by molar-refractivity contribution is -0.325. The fourth-order valence-corrected chi connectivity index (χ4v) is 4.03. The van der Waals surface area contributed by atoms with Gasteiger partial charge in [0.15, 0.2) is 6.29 Å². The Kier molecular flexibility index (Phi) is 4.36. The van der Waals surface area contributed by atoms with Crippen molar-refractivity contribution in [2.45, 2.75) is 39.2 Å². The number of nitrogens with zero attached hydrogens (tertiary/aromatic N) is 2. The highest BCUT2D eigenvalue weighted by molar-refractivity contribution is 7.20. The van der Waals surface area contributed by atoms with Crippen molar-refractivity contribution in [3.63, 3.8) is 0 Å². The van der Waals surface area contributed by atoms with E-state index in [-0.39, 0.29) is 33.6 Å². The van der Waals surface area contributed by atoms with E-state index in [4.69, 9.17) is 0 Å². The highest BCUT2D eigenvalue weighted by Crippen LogP contribution is 2.41. The SMILES string of the molecule is Cc1c(C=O)sc2c1c(=O)n(C1CC1C)c(=O)n2CCOC(F)(F)F. The predicted molar refractivity (Wildman–Crippen MR) is 85.3 cm³/mol. The summed E-state index contributed by atoms with van der Waals surface area (Å²) in [4.78, 5) is 37.1. The average molecular weight is 376 g/mol. The third-order valence-electron chi connectivity index (χ3n) is 4.37. The molecule has 1 aliphatic rings. The molecule has 0 aliphatic heterocycles. The summed E-state index contributed by atoms with van der Waals surface area (Å²) in [6.07, 6.45) is -3.57. The van der Waals surface area contributed by atoms with Crippen molar-refractivity contribution in [3.8, 4) is 0 Å². The molecule has 6 nitrogen and oxygen atoms in total. The molecular formula is C15H15F3N2O4S. The van der Waals surface area contributed by atoms with Crippen molar-refractivity contribution >= 4 is 27.8 Å². The molecule has 25 heavy (non-hydrogen) atoms. The van der Waals surface area contributed by atoms with Crippen LogP contribution in [0.2, 0.25) is 0 Å². The van der Waals surface area contributed by atoms with Crippen molar-refractivity contribution in [2.75, 3.05) is 6.61 Å². The Morgan fingerprint density at radius 2 is 2.00 bits per heavy atom. The number of ether oxygens (including phenoxy) is 1. The second-order valence-electron chi connectivity index (χ2n) is 6.07. The maximum Gasteiger partial charge on any atom is 0.522 e. The lowest BCUT2D eigenvalue weighted by atomic mass is 10.2. The van der Waals surface area contributed by atoms with Gasteiger partial charge < -0.3 is 0 Å². The number of aryl methyl sites for hydroxylation is 1. The van der Waals surface area contributed by atoms with E-state index >= 15 is 0 Å². The van der Waals surface area contributed by atoms with Crippen LogP contribution in [0.15, 0.2) is 9.59 Å². The Hall–Kier alpha value is -1.94. The smallest absolute Gasteiger partial charge is 0.297 e. The fourth-order valence-electron chi connectivity index (χ4n) is 2.90. The Labute approximate surface area is 143 Å². The largest absolute Gasteiger partial charge is 0.522 e. The van der Waals surface area contributed by atoms with Crippen LogP contribution in [0.4, 0.5) is 13.2 Å². The zero-order valence-corrected chi connectivity index (χ0v) is 14.2. The summed E-state index contributed by atoms with van der Waals surface area (Å²) in [5, 5.41) is 0.206. The fraction of sp³-hybridized carbons (Fsp3) is 0.533. The molecule has 2 aromatic rings. The van der Waals surface area contributed by atoms with E-state index in [1.165, 1.54) is 0 Å². The first-order chi connectivity index (χ1) is 11.7. The number of carbonyl (C=O) groups excluding carboxylic acids is 1. The van der Waals surface area contributed by atoms with E-state index in [2.05, 4.69) is 4.74 Å². The van der Waals surface area contributed by atoms with Gasteiger partial charge in [0, 0.05) is 6.04 Å². The molecule has 10 heteroatoms. The molecule has 0 saturated heterocycles. The average Bonchev–Trinajstić information content (AvgIpc) is 3.11. The number of fused-ring (bicyclic) bond motifs is 1. The molecule has 0 radical (unpaired) electrons. The van der Waals surface area contributed by atoms with Gasteiger partial charge in [-0.05, 0) is 24.8 Å². The molecule has 1 aliphatic carbocycles. The van der Waals surface area contributed by atoms with Crippen LogP contribution in [-0.4, -0.2) is 28.4 Å². The summed E-state index contributed by atoms with van der Waals surface area (Å²) in [6, 6.07) is -0.266. The van der Waals surface area contributed by atoms with E-state index in [1.807, 2.05) is 6.92 Å². The van der Waals surface area contributed by atoms with Crippen molar-refractivity contribution in [1.29, 1.82) is 0 Å². The zero-order valence-electron chi connectivity index (χ0n) is 13.4. The van der Waals surface area contributed by atoms with Crippen molar-refractivity contribution < 1.29 is 22.7 Å². The molecule has 2 atom stereocenters. The lowest BCUT2D eigenvalue weighted by Crippen LogP contribution is -2.40. The molecule has 1 fully saturated rings. The van der Waals surface area contributed by atoms with E-state index in [9.17, 15) is 27.6 Å². The number of hydrogen-bond acceptors (Lipinski definition) is 5. The van der Waals surface area contributed by atoms with Gasteiger partial charge in [0.2, 0.25) is 0 Å². The molecule has 0 amide bonds. The van der Waals surface area contributed by atoms with Gasteiger partial charge in [-0.1, -0.05) is 6.92 Å². The predicted octanol–water partition coefficient (Wildman–Crippen LogP) is 2.46. The van der Waals surface area contributed by atoms with E-state index in [1.54, 1.807) is 6.92 Å². The standard InChI is InChI=1S/C15H15F3N2O4S/c1-7-5-9(7)20-12(22)11-8(2)10(6-21)25-13(11)19(14(20)23)3-4-24-15(16,17)18/h6-7,9H,3-5H2,1-2H3. The number of aromatic nitrogens is 2. The molecule has 0 aromatic carbocycles. The van der Waals surface area contributed by atoms with Gasteiger partial charge in [0.1, 0.15) is 4.83 Å². The molecule has 3 rings (SSSR count). The number of hydrogen-bond donors (Lipinski definition) is 0. The maximum absolute atomic E-state index is 12.7. The minimum Gasteiger partial charge on any atom is -0.297 e. The second-order valence-corrected chi connectivity index (χ2v) is 7.10. The quantitative estimate of drug-likeness (QED) is 0.752. The molecule has 2 heterocycles. The van der Waals surface area contributed by atoms with Crippen LogP contribution >= 0.6 is 11.3 Å². The van der Waals surface area contributed by atoms with Gasteiger partial charge in [0.05, 0.1) is 23.4 Å². The van der Waals surface area contributed by atoms with Crippen LogP contribution in [0.3, 0.4) is 0 Å². The van der Waals surface area contributed by atoms with Crippen molar-refractivity contribution in [2.24, 2.45) is 5.92 Å². The van der Waals surface area contributed by atoms with Gasteiger partial charge >= 0.3 is 12.1 Å². The number of halogens is 3. The lowest BCUT2D eigenvalue weighted by Gasteiger charge is -2.13. The highest BCUT2D eigenvalue weighted by Gasteiger charge is 2.38. The minimum absolute atomic E-state index is 0.146. The molecule has 136 valence electrons. The third kappa shape index (κ3) is 3.15. The first-order valence-corrected chi connectivity index (χ1v) is 8.41. The van der Waals surface area contributed by atoms with Crippen molar-refractivity contribution in [3.05, 3.63) is 31.3 Å². The molecule has 0 bridgehead atoms. The van der Waals surface area contributed by atoms with E-state index in [0.29, 0.717) is 18.3 Å². The van der Waals surface area contributed by atoms with E-state index < -0.39 is 24.2 Å². The van der Waals surface area contributed by atoms with Gasteiger partial charge in [-0.25, -0.2) is 4.79 Å². The summed E-state index contributed by atoms with van der Waals surface area (Å²) in [6.45, 7) is 2.35. The number of rotatable bonds is 5. The first kappa shape index (κ1) is 17.9. The normalized spacial score (nSPS) is 20.2. The summed E-state index contributed by atoms with van der Waals surface area (Å²) in [7, 11) is 0. The third-order valence-corrected chi connectivity index (χ3v) is 5.61. The summed E-state index contributed by atoms with van der Waals surface area (Å²) >= 11 is 0.923. The number of aldehydes is 1. The van der Waals surface area contributed by atoms with Gasteiger partial charge in [-0.3, -0.25) is 23.5 Å². The molecule has 2 unspecified atom stereocenters. The Bertz CT molecular complexity index is 957. The van der Waals surface area contributed by atoms with Crippen LogP contribution in [0.1, 0.15) is 34.6 Å². The van der Waals surface area contributed by atoms with Crippen LogP contribution in [-0.2, 0) is 11.3 Å². The number of alkyl halides is 3. The minimum atomic E-state index is -4.80.